The number of hydrogen-bond acceptors (Lipinski definition) is 6. The Labute approximate surface area is 134 Å². The second-order valence-corrected chi connectivity index (χ2v) is 11.4. The average Bonchev–Trinajstić information content (AvgIpc) is 2.60. The summed E-state index contributed by atoms with van der Waals surface area (Å²) in [6.45, 7) is 11.8. The zero-order chi connectivity index (χ0) is 17.1. The maximum Gasteiger partial charge on any atom is 0.362 e. The molecule has 0 radical (unpaired) electrons. The van der Waals surface area contributed by atoms with Crippen molar-refractivity contribution in [2.24, 2.45) is 0 Å². The Balaban J connectivity index is 3.13. The molecule has 0 spiro atoms. The molecule has 2 unspecified atom stereocenters. The summed E-state index contributed by atoms with van der Waals surface area (Å²) in [5.74, 6) is 0. The van der Waals surface area contributed by atoms with Gasteiger partial charge >= 0.3 is 15.2 Å². The number of hydrogen-bond donors (Lipinski definition) is 0. The van der Waals surface area contributed by atoms with Crippen LogP contribution in [0.1, 0.15) is 60.8 Å². The van der Waals surface area contributed by atoms with Crippen molar-refractivity contribution in [2.75, 3.05) is 19.8 Å². The summed E-state index contributed by atoms with van der Waals surface area (Å²) in [6.07, 6.45) is 1.71. The molecule has 1 aliphatic rings. The highest BCUT2D eigenvalue weighted by molar-refractivity contribution is 7.60. The van der Waals surface area contributed by atoms with E-state index in [2.05, 4.69) is 0 Å². The molecule has 2 atom stereocenters. The maximum absolute atomic E-state index is 13.3. The quantitative estimate of drug-likeness (QED) is 0.530. The summed E-state index contributed by atoms with van der Waals surface area (Å²) >= 11 is 0. The second kappa shape index (κ2) is 7.46. The van der Waals surface area contributed by atoms with Crippen LogP contribution in [0.3, 0.4) is 0 Å². The van der Waals surface area contributed by atoms with Crippen molar-refractivity contribution in [3.8, 4) is 0 Å². The van der Waals surface area contributed by atoms with Gasteiger partial charge in [0.1, 0.15) is 0 Å². The van der Waals surface area contributed by atoms with Gasteiger partial charge in [-0.3, -0.25) is 13.7 Å². The highest BCUT2D eigenvalue weighted by Gasteiger charge is 2.65. The molecule has 0 aliphatic carbocycles. The topological polar surface area (TPSA) is 71.1 Å². The lowest BCUT2D eigenvalue weighted by atomic mass is 10.1. The van der Waals surface area contributed by atoms with Gasteiger partial charge in [0, 0.05) is 6.42 Å². The lowest BCUT2D eigenvalue weighted by molar-refractivity contribution is 0.0962. The molecule has 132 valence electrons. The van der Waals surface area contributed by atoms with Crippen LogP contribution in [-0.4, -0.2) is 30.3 Å². The first-order valence-corrected chi connectivity index (χ1v) is 11.0. The molecule has 1 fully saturated rings. The van der Waals surface area contributed by atoms with Gasteiger partial charge in [0.25, 0.3) is 0 Å². The van der Waals surface area contributed by atoms with Crippen molar-refractivity contribution >= 4 is 15.2 Å². The fourth-order valence-electron chi connectivity index (χ4n) is 2.57. The van der Waals surface area contributed by atoms with E-state index in [1.165, 1.54) is 0 Å². The standard InChI is InChI=1S/C14H30O6P2/c1-7-10-18-22(16,19-11-8-2)14(6)12-13(4,5)21(15,20-14)17-9-3/h7-12H2,1-6H3. The summed E-state index contributed by atoms with van der Waals surface area (Å²) < 4.78 is 48.6. The lowest BCUT2D eigenvalue weighted by Gasteiger charge is -2.32. The smallest absolute Gasteiger partial charge is 0.308 e. The van der Waals surface area contributed by atoms with Gasteiger partial charge in [0.15, 0.2) is 5.34 Å². The molecular weight excluding hydrogens is 326 g/mol. The van der Waals surface area contributed by atoms with E-state index in [0.717, 1.165) is 0 Å². The third kappa shape index (κ3) is 3.85. The van der Waals surface area contributed by atoms with Crippen LogP contribution in [0.15, 0.2) is 0 Å². The third-order valence-corrected chi connectivity index (χ3v) is 9.11. The Morgan fingerprint density at radius 1 is 1.09 bits per heavy atom. The van der Waals surface area contributed by atoms with E-state index >= 15 is 0 Å². The largest absolute Gasteiger partial charge is 0.362 e. The minimum absolute atomic E-state index is 0.271. The van der Waals surface area contributed by atoms with Crippen molar-refractivity contribution in [3.63, 3.8) is 0 Å². The van der Waals surface area contributed by atoms with Crippen molar-refractivity contribution in [3.05, 3.63) is 0 Å². The first-order chi connectivity index (χ1) is 10.1. The second-order valence-electron chi connectivity index (χ2n) is 6.33. The van der Waals surface area contributed by atoms with Gasteiger partial charge < -0.3 is 13.6 Å². The molecule has 22 heavy (non-hydrogen) atoms. The van der Waals surface area contributed by atoms with Crippen LogP contribution in [0.2, 0.25) is 0 Å². The van der Waals surface area contributed by atoms with Crippen LogP contribution in [0.5, 0.6) is 0 Å². The predicted molar refractivity (Wildman–Crippen MR) is 87.5 cm³/mol. The van der Waals surface area contributed by atoms with E-state index in [-0.39, 0.29) is 6.61 Å². The zero-order valence-electron chi connectivity index (χ0n) is 14.6. The predicted octanol–water partition coefficient (Wildman–Crippen LogP) is 5.18. The van der Waals surface area contributed by atoms with E-state index in [0.29, 0.717) is 32.5 Å². The zero-order valence-corrected chi connectivity index (χ0v) is 16.4. The first-order valence-electron chi connectivity index (χ1n) is 7.94. The van der Waals surface area contributed by atoms with E-state index in [4.69, 9.17) is 18.1 Å². The van der Waals surface area contributed by atoms with Crippen LogP contribution in [0.4, 0.5) is 0 Å². The summed E-state index contributed by atoms with van der Waals surface area (Å²) in [5, 5.41) is -2.00. The normalized spacial score (nSPS) is 31.5. The molecule has 0 aromatic heterocycles. The molecule has 0 saturated carbocycles. The monoisotopic (exact) mass is 356 g/mol. The van der Waals surface area contributed by atoms with E-state index in [9.17, 15) is 9.13 Å². The van der Waals surface area contributed by atoms with Gasteiger partial charge in [-0.25, -0.2) is 0 Å². The van der Waals surface area contributed by atoms with Crippen molar-refractivity contribution in [1.82, 2.24) is 0 Å². The Kier molecular flexibility index (Phi) is 6.90. The lowest BCUT2D eigenvalue weighted by Crippen LogP contribution is -2.28. The minimum atomic E-state index is -3.57. The number of rotatable bonds is 9. The van der Waals surface area contributed by atoms with Gasteiger partial charge in [0.2, 0.25) is 0 Å². The van der Waals surface area contributed by atoms with E-state index in [1.54, 1.807) is 27.7 Å². The molecule has 1 saturated heterocycles. The van der Waals surface area contributed by atoms with Crippen LogP contribution in [0.25, 0.3) is 0 Å². The molecule has 1 heterocycles. The average molecular weight is 356 g/mol. The molecule has 0 N–H and O–H groups in total. The Hall–Kier alpha value is 0.300. The molecule has 0 aromatic rings. The Bertz CT molecular complexity index is 452. The highest BCUT2D eigenvalue weighted by atomic mass is 31.2. The summed E-state index contributed by atoms with van der Waals surface area (Å²) in [5.41, 5.74) is 0. The molecule has 1 rings (SSSR count). The third-order valence-electron chi connectivity index (χ3n) is 3.63. The molecule has 0 bridgehead atoms. The fourth-order valence-corrected chi connectivity index (χ4v) is 7.54. The molecule has 0 aromatic carbocycles. The van der Waals surface area contributed by atoms with E-state index in [1.807, 2.05) is 13.8 Å². The fraction of sp³-hybridized carbons (Fsp3) is 1.00. The van der Waals surface area contributed by atoms with Crippen molar-refractivity contribution < 1.29 is 27.2 Å². The molecule has 0 amide bonds. The first kappa shape index (κ1) is 20.3. The van der Waals surface area contributed by atoms with Crippen LogP contribution < -0.4 is 0 Å². The summed E-state index contributed by atoms with van der Waals surface area (Å²) in [4.78, 5) is 0. The van der Waals surface area contributed by atoms with Crippen LogP contribution >= 0.6 is 15.2 Å². The van der Waals surface area contributed by atoms with Crippen molar-refractivity contribution in [1.29, 1.82) is 0 Å². The molecular formula is C14H30O6P2. The van der Waals surface area contributed by atoms with Crippen LogP contribution in [-0.2, 0) is 27.2 Å². The highest BCUT2D eigenvalue weighted by Crippen LogP contribution is 2.78. The summed E-state index contributed by atoms with van der Waals surface area (Å²) in [6, 6.07) is 0. The SMILES string of the molecule is CCCOP(=O)(OCCC)C1(C)CC(C)(C)P(=O)(OCC)O1. The minimum Gasteiger partial charge on any atom is -0.308 e. The van der Waals surface area contributed by atoms with Gasteiger partial charge in [-0.15, -0.1) is 0 Å². The van der Waals surface area contributed by atoms with Crippen LogP contribution in [0, 0.1) is 0 Å². The summed E-state index contributed by atoms with van der Waals surface area (Å²) in [7, 11) is -6.96. The Morgan fingerprint density at radius 2 is 1.59 bits per heavy atom. The van der Waals surface area contributed by atoms with Gasteiger partial charge in [-0.1, -0.05) is 13.8 Å². The molecule has 8 heteroatoms. The Morgan fingerprint density at radius 3 is 2.00 bits per heavy atom. The maximum atomic E-state index is 13.3. The van der Waals surface area contributed by atoms with Gasteiger partial charge in [0.05, 0.1) is 25.0 Å². The van der Waals surface area contributed by atoms with Gasteiger partial charge in [-0.05, 0) is 40.5 Å². The molecule has 1 aliphatic heterocycles. The molecule has 6 nitrogen and oxygen atoms in total. The van der Waals surface area contributed by atoms with Gasteiger partial charge in [-0.2, -0.15) is 0 Å². The van der Waals surface area contributed by atoms with E-state index < -0.39 is 25.7 Å². The van der Waals surface area contributed by atoms with Crippen molar-refractivity contribution in [2.45, 2.75) is 71.3 Å².